The largest absolute Gasteiger partial charge is 0.493 e. The monoisotopic (exact) mass is 330 g/mol. The minimum atomic E-state index is -0.0686. The SMILES string of the molecule is C/C=C/c1ccc(OCC(=O)NC2CC3CCC(C2)N3)c(OC)c1. The van der Waals surface area contributed by atoms with Crippen LogP contribution in [0.1, 0.15) is 38.2 Å². The van der Waals surface area contributed by atoms with Crippen LogP contribution < -0.4 is 20.1 Å². The van der Waals surface area contributed by atoms with E-state index in [1.54, 1.807) is 7.11 Å². The third-order valence-corrected chi connectivity index (χ3v) is 4.74. The zero-order valence-electron chi connectivity index (χ0n) is 14.4. The third kappa shape index (κ3) is 4.09. The van der Waals surface area contributed by atoms with Crippen molar-refractivity contribution in [3.8, 4) is 11.5 Å². The van der Waals surface area contributed by atoms with Gasteiger partial charge in [-0.25, -0.2) is 0 Å². The second-order valence-electron chi connectivity index (χ2n) is 6.57. The van der Waals surface area contributed by atoms with Crippen molar-refractivity contribution >= 4 is 12.0 Å². The van der Waals surface area contributed by atoms with Gasteiger partial charge in [0, 0.05) is 18.1 Å². The molecule has 5 nitrogen and oxygen atoms in total. The first-order valence-electron chi connectivity index (χ1n) is 8.67. The van der Waals surface area contributed by atoms with Crippen molar-refractivity contribution in [2.75, 3.05) is 13.7 Å². The average Bonchev–Trinajstić information content (AvgIpc) is 2.92. The first-order valence-corrected chi connectivity index (χ1v) is 8.67. The lowest BCUT2D eigenvalue weighted by atomic mass is 10.00. The lowest BCUT2D eigenvalue weighted by molar-refractivity contribution is -0.124. The van der Waals surface area contributed by atoms with E-state index in [1.165, 1.54) is 12.8 Å². The molecule has 2 unspecified atom stereocenters. The number of methoxy groups -OCH3 is 1. The normalized spacial score (nSPS) is 25.7. The molecule has 130 valence electrons. The summed E-state index contributed by atoms with van der Waals surface area (Å²) in [6.45, 7) is 1.98. The molecular formula is C19H26N2O3. The smallest absolute Gasteiger partial charge is 0.258 e. The molecule has 2 heterocycles. The van der Waals surface area contributed by atoms with Gasteiger partial charge in [0.1, 0.15) is 0 Å². The standard InChI is InChI=1S/C19H26N2O3/c1-3-4-13-5-8-17(18(9-13)23-2)24-12-19(22)21-16-10-14-6-7-15(11-16)20-14/h3-5,8-9,14-16,20H,6-7,10-12H2,1-2H3,(H,21,22)/b4-3+. The zero-order valence-corrected chi connectivity index (χ0v) is 14.4. The van der Waals surface area contributed by atoms with Gasteiger partial charge in [0.15, 0.2) is 18.1 Å². The van der Waals surface area contributed by atoms with Crippen LogP contribution in [-0.4, -0.2) is 37.7 Å². The van der Waals surface area contributed by atoms with Gasteiger partial charge in [0.2, 0.25) is 0 Å². The summed E-state index contributed by atoms with van der Waals surface area (Å²) in [6, 6.07) is 7.08. The Morgan fingerprint density at radius 3 is 2.71 bits per heavy atom. The number of fused-ring (bicyclic) bond motifs is 2. The lowest BCUT2D eigenvalue weighted by Gasteiger charge is -2.29. The van der Waals surface area contributed by atoms with E-state index in [0.29, 0.717) is 23.6 Å². The summed E-state index contributed by atoms with van der Waals surface area (Å²) in [5.74, 6) is 1.16. The van der Waals surface area contributed by atoms with Crippen molar-refractivity contribution in [2.45, 2.75) is 50.7 Å². The molecule has 1 aromatic rings. The molecule has 0 radical (unpaired) electrons. The van der Waals surface area contributed by atoms with Crippen LogP contribution in [0.25, 0.3) is 6.08 Å². The second-order valence-corrected chi connectivity index (χ2v) is 6.57. The molecule has 0 aromatic heterocycles. The zero-order chi connectivity index (χ0) is 16.9. The number of ether oxygens (including phenoxy) is 2. The third-order valence-electron chi connectivity index (χ3n) is 4.74. The second kappa shape index (κ2) is 7.71. The van der Waals surface area contributed by atoms with Gasteiger partial charge in [-0.05, 0) is 50.3 Å². The molecule has 2 aliphatic rings. The maximum Gasteiger partial charge on any atom is 0.258 e. The maximum atomic E-state index is 12.2. The van der Waals surface area contributed by atoms with Crippen molar-refractivity contribution in [2.24, 2.45) is 0 Å². The molecule has 1 aromatic carbocycles. The molecule has 0 aliphatic carbocycles. The van der Waals surface area contributed by atoms with Gasteiger partial charge in [-0.2, -0.15) is 0 Å². The lowest BCUT2D eigenvalue weighted by Crippen LogP contribution is -2.48. The fraction of sp³-hybridized carbons (Fsp3) is 0.526. The predicted octanol–water partition coefficient (Wildman–Crippen LogP) is 2.51. The van der Waals surface area contributed by atoms with Gasteiger partial charge < -0.3 is 20.1 Å². The Morgan fingerprint density at radius 1 is 1.29 bits per heavy atom. The number of hydrogen-bond donors (Lipinski definition) is 2. The first-order chi connectivity index (χ1) is 11.7. The Hall–Kier alpha value is -2.01. The molecular weight excluding hydrogens is 304 g/mol. The number of amides is 1. The topological polar surface area (TPSA) is 59.6 Å². The number of nitrogens with one attached hydrogen (secondary N) is 2. The summed E-state index contributed by atoms with van der Waals surface area (Å²) >= 11 is 0. The number of carbonyl (C=O) groups is 1. The van der Waals surface area contributed by atoms with E-state index in [9.17, 15) is 4.79 Å². The van der Waals surface area contributed by atoms with Crippen LogP contribution in [0, 0.1) is 0 Å². The van der Waals surface area contributed by atoms with Gasteiger partial charge in [0.05, 0.1) is 7.11 Å². The fourth-order valence-electron chi connectivity index (χ4n) is 3.69. The Kier molecular flexibility index (Phi) is 5.41. The van der Waals surface area contributed by atoms with E-state index in [4.69, 9.17) is 9.47 Å². The molecule has 2 fully saturated rings. The number of allylic oxidation sites excluding steroid dienone is 1. The van der Waals surface area contributed by atoms with Crippen molar-refractivity contribution in [1.82, 2.24) is 10.6 Å². The van der Waals surface area contributed by atoms with Crippen LogP contribution in [0.2, 0.25) is 0 Å². The summed E-state index contributed by atoms with van der Waals surface area (Å²) in [5.41, 5.74) is 1.04. The van der Waals surface area contributed by atoms with E-state index in [-0.39, 0.29) is 18.6 Å². The molecule has 2 N–H and O–H groups in total. The Balaban J connectivity index is 1.52. The van der Waals surface area contributed by atoms with Gasteiger partial charge in [-0.3, -0.25) is 4.79 Å². The molecule has 0 saturated carbocycles. The molecule has 2 aliphatic heterocycles. The van der Waals surface area contributed by atoms with Crippen molar-refractivity contribution in [3.05, 3.63) is 29.8 Å². The highest BCUT2D eigenvalue weighted by Crippen LogP contribution is 2.29. The van der Waals surface area contributed by atoms with Crippen molar-refractivity contribution in [1.29, 1.82) is 0 Å². The van der Waals surface area contributed by atoms with E-state index >= 15 is 0 Å². The Bertz CT molecular complexity index is 603. The average molecular weight is 330 g/mol. The van der Waals surface area contributed by atoms with Gasteiger partial charge in [-0.1, -0.05) is 18.2 Å². The molecule has 24 heavy (non-hydrogen) atoms. The minimum Gasteiger partial charge on any atom is -0.493 e. The highest BCUT2D eigenvalue weighted by Gasteiger charge is 2.33. The molecule has 1 amide bonds. The number of piperidine rings is 1. The molecule has 0 spiro atoms. The molecule has 5 heteroatoms. The molecule has 3 rings (SSSR count). The fourth-order valence-corrected chi connectivity index (χ4v) is 3.69. The summed E-state index contributed by atoms with van der Waals surface area (Å²) in [4.78, 5) is 12.2. The first kappa shape index (κ1) is 16.8. The van der Waals surface area contributed by atoms with E-state index in [2.05, 4.69) is 10.6 Å². The van der Waals surface area contributed by atoms with E-state index in [1.807, 2.05) is 37.3 Å². The number of carbonyl (C=O) groups excluding carboxylic acids is 1. The number of hydrogen-bond acceptors (Lipinski definition) is 4. The van der Waals surface area contributed by atoms with E-state index < -0.39 is 0 Å². The van der Waals surface area contributed by atoms with E-state index in [0.717, 1.165) is 18.4 Å². The minimum absolute atomic E-state index is 0.0125. The Labute approximate surface area is 143 Å². The summed E-state index contributed by atoms with van der Waals surface area (Å²) in [6.07, 6.45) is 8.44. The maximum absolute atomic E-state index is 12.2. The highest BCUT2D eigenvalue weighted by atomic mass is 16.5. The quantitative estimate of drug-likeness (QED) is 0.841. The predicted molar refractivity (Wildman–Crippen MR) is 94.3 cm³/mol. The van der Waals surface area contributed by atoms with Gasteiger partial charge in [0.25, 0.3) is 5.91 Å². The van der Waals surface area contributed by atoms with Gasteiger partial charge >= 0.3 is 0 Å². The van der Waals surface area contributed by atoms with Crippen LogP contribution in [0.5, 0.6) is 11.5 Å². The highest BCUT2D eigenvalue weighted by molar-refractivity contribution is 5.78. The van der Waals surface area contributed by atoms with Crippen LogP contribution in [0.15, 0.2) is 24.3 Å². The summed E-state index contributed by atoms with van der Waals surface area (Å²) in [5, 5.41) is 6.68. The summed E-state index contributed by atoms with van der Waals surface area (Å²) < 4.78 is 11.0. The van der Waals surface area contributed by atoms with Gasteiger partial charge in [-0.15, -0.1) is 0 Å². The number of benzene rings is 1. The molecule has 2 atom stereocenters. The van der Waals surface area contributed by atoms with Crippen molar-refractivity contribution in [3.63, 3.8) is 0 Å². The van der Waals surface area contributed by atoms with Crippen LogP contribution in [-0.2, 0) is 4.79 Å². The van der Waals surface area contributed by atoms with Crippen LogP contribution >= 0.6 is 0 Å². The van der Waals surface area contributed by atoms with Crippen LogP contribution in [0.3, 0.4) is 0 Å². The van der Waals surface area contributed by atoms with Crippen molar-refractivity contribution < 1.29 is 14.3 Å². The molecule has 2 bridgehead atoms. The Morgan fingerprint density at radius 2 is 2.04 bits per heavy atom. The molecule has 2 saturated heterocycles. The number of rotatable bonds is 6. The summed E-state index contributed by atoms with van der Waals surface area (Å²) in [7, 11) is 1.60. The van der Waals surface area contributed by atoms with Crippen LogP contribution in [0.4, 0.5) is 0 Å².